The fourth-order valence-electron chi connectivity index (χ4n) is 3.14. The number of benzene rings is 1. The van der Waals surface area contributed by atoms with E-state index in [9.17, 15) is 20.0 Å². The number of anilines is 1. The fourth-order valence-corrected chi connectivity index (χ4v) is 3.14. The smallest absolute Gasteiger partial charge is 0.274 e. The van der Waals surface area contributed by atoms with Gasteiger partial charge in [0, 0.05) is 38.2 Å². The van der Waals surface area contributed by atoms with E-state index in [-0.39, 0.29) is 24.1 Å². The fraction of sp³-hybridized carbons (Fsp3) is 0.588. The Morgan fingerprint density at radius 3 is 2.88 bits per heavy atom. The van der Waals surface area contributed by atoms with Crippen LogP contribution in [0.5, 0.6) is 0 Å². The molecule has 7 heteroatoms. The quantitative estimate of drug-likeness (QED) is 0.614. The van der Waals surface area contributed by atoms with Crippen molar-refractivity contribution in [3.8, 4) is 0 Å². The van der Waals surface area contributed by atoms with Gasteiger partial charge in [-0.3, -0.25) is 19.8 Å². The summed E-state index contributed by atoms with van der Waals surface area (Å²) in [4.78, 5) is 24.9. The highest BCUT2D eigenvalue weighted by atomic mass is 16.6. The Hall–Kier alpha value is -1.99. The molecule has 2 atom stereocenters. The minimum Gasteiger partial charge on any atom is -0.396 e. The van der Waals surface area contributed by atoms with Crippen LogP contribution in [0.15, 0.2) is 18.2 Å². The van der Waals surface area contributed by atoms with Crippen molar-refractivity contribution in [1.29, 1.82) is 0 Å². The van der Waals surface area contributed by atoms with E-state index in [1.54, 1.807) is 19.1 Å². The third-order valence-electron chi connectivity index (χ3n) is 4.77. The molecule has 0 spiro atoms. The summed E-state index contributed by atoms with van der Waals surface area (Å²) < 4.78 is 0. The summed E-state index contributed by atoms with van der Waals surface area (Å²) in [6.45, 7) is 5.38. The first kappa shape index (κ1) is 18.4. The maximum atomic E-state index is 12.2. The molecule has 0 radical (unpaired) electrons. The van der Waals surface area contributed by atoms with Crippen molar-refractivity contribution in [2.75, 3.05) is 25.0 Å². The molecular weight excluding hydrogens is 310 g/mol. The number of rotatable bonds is 6. The second kappa shape index (κ2) is 8.21. The second-order valence-electron chi connectivity index (χ2n) is 6.47. The van der Waals surface area contributed by atoms with E-state index < -0.39 is 4.92 Å². The highest BCUT2D eigenvalue weighted by Crippen LogP contribution is 2.25. The molecule has 1 aromatic rings. The summed E-state index contributed by atoms with van der Waals surface area (Å²) in [6, 6.07) is 5.07. The lowest BCUT2D eigenvalue weighted by Crippen LogP contribution is -2.43. The first-order valence-electron chi connectivity index (χ1n) is 8.31. The Kier molecular flexibility index (Phi) is 6.28. The molecule has 24 heavy (non-hydrogen) atoms. The number of amides is 1. The second-order valence-corrected chi connectivity index (χ2v) is 6.47. The van der Waals surface area contributed by atoms with Gasteiger partial charge < -0.3 is 10.4 Å². The number of hydrogen-bond acceptors (Lipinski definition) is 5. The lowest BCUT2D eigenvalue weighted by molar-refractivity contribution is -0.385. The molecule has 2 unspecified atom stereocenters. The maximum absolute atomic E-state index is 12.2. The van der Waals surface area contributed by atoms with Crippen LogP contribution in [-0.4, -0.2) is 46.6 Å². The van der Waals surface area contributed by atoms with Gasteiger partial charge in [0.25, 0.3) is 5.69 Å². The summed E-state index contributed by atoms with van der Waals surface area (Å²) in [6.07, 6.45) is 2.37. The number of likely N-dealkylation sites (tertiary alicyclic amines) is 1. The minimum absolute atomic E-state index is 0.00300. The van der Waals surface area contributed by atoms with Crippen LogP contribution >= 0.6 is 0 Å². The Labute approximate surface area is 141 Å². The molecule has 1 aromatic carbocycles. The number of piperidine rings is 1. The molecule has 132 valence electrons. The van der Waals surface area contributed by atoms with Gasteiger partial charge >= 0.3 is 0 Å². The Morgan fingerprint density at radius 1 is 1.46 bits per heavy atom. The average Bonchev–Trinajstić information content (AvgIpc) is 2.55. The predicted molar refractivity (Wildman–Crippen MR) is 91.9 cm³/mol. The van der Waals surface area contributed by atoms with Crippen molar-refractivity contribution in [3.05, 3.63) is 33.9 Å². The van der Waals surface area contributed by atoms with E-state index in [0.717, 1.165) is 19.4 Å². The number of carbonyl (C=O) groups is 1. The molecule has 1 amide bonds. The molecule has 0 aliphatic carbocycles. The van der Waals surface area contributed by atoms with Crippen LogP contribution in [-0.2, 0) is 4.79 Å². The molecule has 2 N–H and O–H groups in total. The lowest BCUT2D eigenvalue weighted by Gasteiger charge is -2.37. The van der Waals surface area contributed by atoms with E-state index in [1.807, 2.05) is 0 Å². The lowest BCUT2D eigenvalue weighted by atomic mass is 9.94. The summed E-state index contributed by atoms with van der Waals surface area (Å²) in [7, 11) is 0. The maximum Gasteiger partial charge on any atom is 0.274 e. The van der Waals surface area contributed by atoms with Gasteiger partial charge in [-0.25, -0.2) is 0 Å². The molecule has 1 fully saturated rings. The van der Waals surface area contributed by atoms with E-state index in [4.69, 9.17) is 0 Å². The number of hydrogen-bond donors (Lipinski definition) is 2. The molecule has 1 aliphatic heterocycles. The predicted octanol–water partition coefficient (Wildman–Crippen LogP) is 2.32. The van der Waals surface area contributed by atoms with Crippen LogP contribution < -0.4 is 5.32 Å². The largest absolute Gasteiger partial charge is 0.396 e. The van der Waals surface area contributed by atoms with E-state index in [0.29, 0.717) is 30.3 Å². The van der Waals surface area contributed by atoms with Gasteiger partial charge in [0.2, 0.25) is 5.91 Å². The molecule has 0 aromatic heterocycles. The topological polar surface area (TPSA) is 95.7 Å². The zero-order chi connectivity index (χ0) is 17.7. The summed E-state index contributed by atoms with van der Waals surface area (Å²) >= 11 is 0. The number of aliphatic hydroxyl groups excluding tert-OH is 1. The Balaban J connectivity index is 1.92. The number of nitrogens with one attached hydrogen (secondary N) is 1. The standard InChI is InChI=1S/C17H25N3O4/c1-12-6-7-14(11-21)10-19(12)9-8-17(22)18-15-4-3-5-16(13(15)2)20(23)24/h3-5,12,14,21H,6-11H2,1-2H3,(H,18,22). The van der Waals surface area contributed by atoms with E-state index in [2.05, 4.69) is 17.1 Å². The number of aliphatic hydroxyl groups is 1. The number of nitro groups is 1. The van der Waals surface area contributed by atoms with Gasteiger partial charge in [0.15, 0.2) is 0 Å². The molecule has 1 heterocycles. The van der Waals surface area contributed by atoms with Crippen molar-refractivity contribution in [2.45, 2.75) is 39.2 Å². The van der Waals surface area contributed by atoms with Gasteiger partial charge in [0.05, 0.1) is 16.2 Å². The van der Waals surface area contributed by atoms with Crippen LogP contribution in [0.1, 0.15) is 31.7 Å². The van der Waals surface area contributed by atoms with Gasteiger partial charge in [-0.1, -0.05) is 6.07 Å². The Morgan fingerprint density at radius 2 is 2.21 bits per heavy atom. The molecular formula is C17H25N3O4. The van der Waals surface area contributed by atoms with Crippen LogP contribution in [0.2, 0.25) is 0 Å². The molecule has 0 saturated carbocycles. The van der Waals surface area contributed by atoms with Crippen LogP contribution in [0.25, 0.3) is 0 Å². The SMILES string of the molecule is Cc1c(NC(=O)CCN2CC(CO)CCC2C)cccc1[N+](=O)[O-]. The van der Waals surface area contributed by atoms with Gasteiger partial charge in [-0.2, -0.15) is 0 Å². The Bertz CT molecular complexity index is 605. The van der Waals surface area contributed by atoms with Crippen LogP contribution in [0, 0.1) is 23.0 Å². The molecule has 7 nitrogen and oxygen atoms in total. The summed E-state index contributed by atoms with van der Waals surface area (Å²) in [5, 5.41) is 23.0. The van der Waals surface area contributed by atoms with E-state index in [1.165, 1.54) is 6.07 Å². The number of nitro benzene ring substituents is 1. The van der Waals surface area contributed by atoms with Crippen molar-refractivity contribution < 1.29 is 14.8 Å². The van der Waals surface area contributed by atoms with Gasteiger partial charge in [0.1, 0.15) is 0 Å². The molecule has 2 rings (SSSR count). The van der Waals surface area contributed by atoms with Crippen molar-refractivity contribution in [2.24, 2.45) is 5.92 Å². The molecule has 1 aliphatic rings. The van der Waals surface area contributed by atoms with Crippen molar-refractivity contribution in [3.63, 3.8) is 0 Å². The van der Waals surface area contributed by atoms with Crippen molar-refractivity contribution >= 4 is 17.3 Å². The first-order chi connectivity index (χ1) is 11.4. The third-order valence-corrected chi connectivity index (χ3v) is 4.77. The highest BCUT2D eigenvalue weighted by molar-refractivity contribution is 5.92. The molecule has 1 saturated heterocycles. The minimum atomic E-state index is -0.449. The van der Waals surface area contributed by atoms with Crippen LogP contribution in [0.3, 0.4) is 0 Å². The third kappa shape index (κ3) is 4.52. The number of nitrogens with zero attached hydrogens (tertiary/aromatic N) is 2. The average molecular weight is 335 g/mol. The number of carbonyl (C=O) groups excluding carboxylic acids is 1. The van der Waals surface area contributed by atoms with Gasteiger partial charge in [-0.15, -0.1) is 0 Å². The first-order valence-corrected chi connectivity index (χ1v) is 8.31. The summed E-state index contributed by atoms with van der Waals surface area (Å²) in [5.41, 5.74) is 0.944. The highest BCUT2D eigenvalue weighted by Gasteiger charge is 2.25. The molecule has 0 bridgehead atoms. The summed E-state index contributed by atoms with van der Waals surface area (Å²) in [5.74, 6) is 0.125. The van der Waals surface area contributed by atoms with Crippen molar-refractivity contribution in [1.82, 2.24) is 4.90 Å². The zero-order valence-corrected chi connectivity index (χ0v) is 14.2. The monoisotopic (exact) mass is 335 g/mol. The normalized spacial score (nSPS) is 21.5. The van der Waals surface area contributed by atoms with E-state index >= 15 is 0 Å². The van der Waals surface area contributed by atoms with Gasteiger partial charge in [-0.05, 0) is 38.7 Å². The van der Waals surface area contributed by atoms with Crippen LogP contribution in [0.4, 0.5) is 11.4 Å². The zero-order valence-electron chi connectivity index (χ0n) is 14.2.